The van der Waals surface area contributed by atoms with E-state index in [0.717, 1.165) is 23.9 Å². The van der Waals surface area contributed by atoms with Crippen LogP contribution in [0.15, 0.2) is 22.7 Å². The Kier molecular flexibility index (Phi) is 5.50. The molecule has 1 amide bonds. The maximum Gasteiger partial charge on any atom is 0.254 e. The molecule has 0 spiro atoms. The summed E-state index contributed by atoms with van der Waals surface area (Å²) in [6.45, 7) is 5.14. The molecule has 0 N–H and O–H groups in total. The van der Waals surface area contributed by atoms with Gasteiger partial charge in [-0.05, 0) is 52.9 Å². The summed E-state index contributed by atoms with van der Waals surface area (Å²) in [4.78, 5) is 14.9. The molecular formula is C16H21BrClNO. The molecule has 4 heteroatoms. The molecule has 0 aliphatic heterocycles. The van der Waals surface area contributed by atoms with Crippen LogP contribution < -0.4 is 0 Å². The summed E-state index contributed by atoms with van der Waals surface area (Å²) in [5.41, 5.74) is 0.717. The second-order valence-corrected chi connectivity index (χ2v) is 7.18. The maximum atomic E-state index is 12.8. The minimum atomic E-state index is 0.128. The molecule has 1 saturated carbocycles. The SMILES string of the molecule is CC(C)CN(C(=O)c1ccc(Cl)c(Br)c1)C1CCCC1. The van der Waals surface area contributed by atoms with Crippen LogP contribution in [-0.2, 0) is 0 Å². The molecule has 110 valence electrons. The van der Waals surface area contributed by atoms with E-state index in [4.69, 9.17) is 11.6 Å². The lowest BCUT2D eigenvalue weighted by Gasteiger charge is -2.31. The van der Waals surface area contributed by atoms with Crippen molar-refractivity contribution in [1.82, 2.24) is 4.90 Å². The summed E-state index contributed by atoms with van der Waals surface area (Å²) in [5.74, 6) is 0.609. The second kappa shape index (κ2) is 6.95. The predicted octanol–water partition coefficient (Wildman–Crippen LogP) is 5.14. The van der Waals surface area contributed by atoms with E-state index in [1.165, 1.54) is 12.8 Å². The van der Waals surface area contributed by atoms with Gasteiger partial charge in [-0.2, -0.15) is 0 Å². The van der Waals surface area contributed by atoms with Crippen LogP contribution in [0.5, 0.6) is 0 Å². The first-order valence-corrected chi connectivity index (χ1v) is 8.42. The highest BCUT2D eigenvalue weighted by molar-refractivity contribution is 9.10. The minimum Gasteiger partial charge on any atom is -0.335 e. The van der Waals surface area contributed by atoms with Crippen LogP contribution in [0.25, 0.3) is 0 Å². The number of hydrogen-bond donors (Lipinski definition) is 0. The van der Waals surface area contributed by atoms with Crippen LogP contribution >= 0.6 is 27.5 Å². The van der Waals surface area contributed by atoms with Crippen molar-refractivity contribution in [2.45, 2.75) is 45.6 Å². The molecule has 1 aromatic carbocycles. The summed E-state index contributed by atoms with van der Waals surface area (Å²) in [6, 6.07) is 5.82. The van der Waals surface area contributed by atoms with Crippen molar-refractivity contribution in [1.29, 1.82) is 0 Å². The van der Waals surface area contributed by atoms with Gasteiger partial charge in [0.05, 0.1) is 5.02 Å². The third-order valence-corrected chi connectivity index (χ3v) is 4.97. The number of hydrogen-bond acceptors (Lipinski definition) is 1. The molecule has 0 radical (unpaired) electrons. The molecule has 2 rings (SSSR count). The van der Waals surface area contributed by atoms with Gasteiger partial charge in [-0.1, -0.05) is 38.3 Å². The summed E-state index contributed by atoms with van der Waals surface area (Å²) < 4.78 is 0.779. The monoisotopic (exact) mass is 357 g/mol. The topological polar surface area (TPSA) is 20.3 Å². The summed E-state index contributed by atoms with van der Waals surface area (Å²) >= 11 is 9.40. The average Bonchev–Trinajstić information content (AvgIpc) is 2.92. The number of carbonyl (C=O) groups excluding carboxylic acids is 1. The van der Waals surface area contributed by atoms with Crippen LogP contribution in [0.4, 0.5) is 0 Å². The standard InChI is InChI=1S/C16H21BrClNO/c1-11(2)10-19(13-5-3-4-6-13)16(20)12-7-8-15(18)14(17)9-12/h7-9,11,13H,3-6,10H2,1-2H3. The molecule has 0 unspecified atom stereocenters. The van der Waals surface area contributed by atoms with Gasteiger partial charge in [-0.25, -0.2) is 0 Å². The van der Waals surface area contributed by atoms with Crippen molar-refractivity contribution in [3.05, 3.63) is 33.3 Å². The van der Waals surface area contributed by atoms with Crippen LogP contribution in [0.2, 0.25) is 5.02 Å². The van der Waals surface area contributed by atoms with Gasteiger partial charge in [-0.15, -0.1) is 0 Å². The predicted molar refractivity (Wildman–Crippen MR) is 87.3 cm³/mol. The molecule has 0 bridgehead atoms. The first-order valence-electron chi connectivity index (χ1n) is 7.25. The van der Waals surface area contributed by atoms with Gasteiger partial charge >= 0.3 is 0 Å². The zero-order chi connectivity index (χ0) is 14.7. The first-order chi connectivity index (χ1) is 9.49. The Hall–Kier alpha value is -0.540. The molecular weight excluding hydrogens is 338 g/mol. The van der Waals surface area contributed by atoms with Gasteiger partial charge in [0.25, 0.3) is 5.91 Å². The maximum absolute atomic E-state index is 12.8. The normalized spacial score (nSPS) is 15.8. The Bertz CT molecular complexity index is 483. The summed E-state index contributed by atoms with van der Waals surface area (Å²) in [7, 11) is 0. The number of carbonyl (C=O) groups is 1. The lowest BCUT2D eigenvalue weighted by molar-refractivity contribution is 0.0655. The number of rotatable bonds is 4. The van der Waals surface area contributed by atoms with Gasteiger partial charge < -0.3 is 4.90 Å². The van der Waals surface area contributed by atoms with E-state index in [0.29, 0.717) is 22.5 Å². The van der Waals surface area contributed by atoms with Gasteiger partial charge in [0, 0.05) is 22.6 Å². The van der Waals surface area contributed by atoms with Gasteiger partial charge in [-0.3, -0.25) is 4.79 Å². The minimum absolute atomic E-state index is 0.128. The summed E-state index contributed by atoms with van der Waals surface area (Å²) in [6.07, 6.45) is 4.73. The Balaban J connectivity index is 2.22. The molecule has 0 heterocycles. The van der Waals surface area contributed by atoms with E-state index in [1.54, 1.807) is 6.07 Å². The molecule has 0 atom stereocenters. The first kappa shape index (κ1) is 15.8. The Labute approximate surface area is 134 Å². The Morgan fingerprint density at radius 2 is 2.05 bits per heavy atom. The molecule has 1 fully saturated rings. The molecule has 1 aliphatic carbocycles. The molecule has 1 aliphatic rings. The second-order valence-electron chi connectivity index (χ2n) is 5.92. The smallest absolute Gasteiger partial charge is 0.254 e. The van der Waals surface area contributed by atoms with E-state index in [9.17, 15) is 4.79 Å². The molecule has 0 saturated heterocycles. The van der Waals surface area contributed by atoms with Gasteiger partial charge in [0.1, 0.15) is 0 Å². The van der Waals surface area contributed by atoms with E-state index >= 15 is 0 Å². The highest BCUT2D eigenvalue weighted by atomic mass is 79.9. The van der Waals surface area contributed by atoms with Crippen molar-refractivity contribution in [2.75, 3.05) is 6.54 Å². The lowest BCUT2D eigenvalue weighted by atomic mass is 10.1. The molecule has 1 aromatic rings. The molecule has 2 nitrogen and oxygen atoms in total. The van der Waals surface area contributed by atoms with Crippen molar-refractivity contribution in [2.24, 2.45) is 5.92 Å². The van der Waals surface area contributed by atoms with Crippen LogP contribution in [0, 0.1) is 5.92 Å². The van der Waals surface area contributed by atoms with Crippen molar-refractivity contribution >= 4 is 33.4 Å². The third kappa shape index (κ3) is 3.76. The van der Waals surface area contributed by atoms with Crippen molar-refractivity contribution in [3.63, 3.8) is 0 Å². The van der Waals surface area contributed by atoms with Crippen LogP contribution in [0.3, 0.4) is 0 Å². The van der Waals surface area contributed by atoms with Gasteiger partial charge in [0.15, 0.2) is 0 Å². The van der Waals surface area contributed by atoms with Crippen molar-refractivity contribution < 1.29 is 4.79 Å². The lowest BCUT2D eigenvalue weighted by Crippen LogP contribution is -2.41. The third-order valence-electron chi connectivity index (χ3n) is 3.75. The zero-order valence-corrected chi connectivity index (χ0v) is 14.4. The highest BCUT2D eigenvalue weighted by Gasteiger charge is 2.28. The van der Waals surface area contributed by atoms with Crippen LogP contribution in [0.1, 0.15) is 49.9 Å². The quantitative estimate of drug-likeness (QED) is 0.729. The van der Waals surface area contributed by atoms with Crippen molar-refractivity contribution in [3.8, 4) is 0 Å². The average molecular weight is 359 g/mol. The van der Waals surface area contributed by atoms with E-state index < -0.39 is 0 Å². The number of benzene rings is 1. The summed E-state index contributed by atoms with van der Waals surface area (Å²) in [5, 5.41) is 0.637. The largest absolute Gasteiger partial charge is 0.335 e. The van der Waals surface area contributed by atoms with Gasteiger partial charge in [0.2, 0.25) is 0 Å². The molecule has 0 aromatic heterocycles. The van der Waals surface area contributed by atoms with E-state index in [2.05, 4.69) is 34.7 Å². The Morgan fingerprint density at radius 3 is 2.60 bits per heavy atom. The zero-order valence-electron chi connectivity index (χ0n) is 12.0. The fourth-order valence-electron chi connectivity index (χ4n) is 2.80. The fourth-order valence-corrected chi connectivity index (χ4v) is 3.30. The fraction of sp³-hybridized carbons (Fsp3) is 0.562. The number of amides is 1. The number of nitrogens with zero attached hydrogens (tertiary/aromatic N) is 1. The number of halogens is 2. The van der Waals surface area contributed by atoms with Crippen LogP contribution in [-0.4, -0.2) is 23.4 Å². The molecule has 20 heavy (non-hydrogen) atoms. The highest BCUT2D eigenvalue weighted by Crippen LogP contribution is 2.28. The Morgan fingerprint density at radius 1 is 1.40 bits per heavy atom. The van der Waals surface area contributed by atoms with E-state index in [1.807, 2.05) is 12.1 Å². The van der Waals surface area contributed by atoms with E-state index in [-0.39, 0.29) is 5.91 Å².